The van der Waals surface area contributed by atoms with Crippen molar-refractivity contribution in [1.29, 1.82) is 0 Å². The van der Waals surface area contributed by atoms with E-state index in [-0.39, 0.29) is 18.2 Å². The number of aryl methyl sites for hydroxylation is 1. The molecule has 1 unspecified atom stereocenters. The Morgan fingerprint density at radius 1 is 1.06 bits per heavy atom. The molecule has 1 amide bonds. The van der Waals surface area contributed by atoms with E-state index in [0.29, 0.717) is 18.0 Å². The predicted molar refractivity (Wildman–Crippen MR) is 122 cm³/mol. The summed E-state index contributed by atoms with van der Waals surface area (Å²) in [6, 6.07) is 15.4. The van der Waals surface area contributed by atoms with Gasteiger partial charge < -0.3 is 19.2 Å². The smallest absolute Gasteiger partial charge is 0.221 e. The maximum atomic E-state index is 13.0. The number of benzene rings is 1. The molecule has 1 N–H and O–H groups in total. The second-order valence-corrected chi connectivity index (χ2v) is 7.62. The molecule has 32 heavy (non-hydrogen) atoms. The highest BCUT2D eigenvalue weighted by atomic mass is 16.5. The minimum atomic E-state index is -0.250. The molecule has 3 heterocycles. The molecule has 0 bridgehead atoms. The molecular weight excluding hydrogens is 404 g/mol. The van der Waals surface area contributed by atoms with E-state index < -0.39 is 0 Å². The Morgan fingerprint density at radius 2 is 1.84 bits per heavy atom. The fourth-order valence-corrected chi connectivity index (χ4v) is 3.73. The van der Waals surface area contributed by atoms with E-state index >= 15 is 0 Å². The first-order chi connectivity index (χ1) is 15.6. The summed E-state index contributed by atoms with van der Waals surface area (Å²) >= 11 is 0. The van der Waals surface area contributed by atoms with Crippen LogP contribution < -0.4 is 14.8 Å². The van der Waals surface area contributed by atoms with Gasteiger partial charge in [0.2, 0.25) is 5.91 Å². The Bertz CT molecular complexity index is 1200. The number of rotatable bonds is 8. The number of nitrogens with zero attached hydrogens (tertiary/aromatic N) is 3. The molecule has 0 aliphatic heterocycles. The Labute approximate surface area is 187 Å². The standard InChI is InChI=1S/C25H26N4O3/c1-17-7-9-29-23(16-27-24(29)10-17)22(18-11-20(31-2)13-21(12-18)32-3)14-25(30)28-15-19-6-4-5-8-26-19/h4-13,16,22H,14-15H2,1-3H3,(H,28,30). The maximum absolute atomic E-state index is 13.0. The first kappa shape index (κ1) is 21.4. The van der Waals surface area contributed by atoms with E-state index in [1.807, 2.05) is 72.2 Å². The number of imidazole rings is 1. The van der Waals surface area contributed by atoms with Crippen LogP contribution in [0.15, 0.2) is 67.1 Å². The number of hydrogen-bond acceptors (Lipinski definition) is 5. The quantitative estimate of drug-likeness (QED) is 0.459. The van der Waals surface area contributed by atoms with E-state index in [9.17, 15) is 4.79 Å². The third-order valence-electron chi connectivity index (χ3n) is 5.41. The second kappa shape index (κ2) is 9.51. The molecule has 1 atom stereocenters. The molecule has 0 saturated carbocycles. The number of pyridine rings is 2. The summed E-state index contributed by atoms with van der Waals surface area (Å²) in [5.41, 5.74) is 4.61. The van der Waals surface area contributed by atoms with Crippen LogP contribution in [-0.4, -0.2) is 34.5 Å². The number of methoxy groups -OCH3 is 2. The Morgan fingerprint density at radius 3 is 2.53 bits per heavy atom. The van der Waals surface area contributed by atoms with E-state index in [1.54, 1.807) is 20.4 Å². The summed E-state index contributed by atoms with van der Waals surface area (Å²) in [6.07, 6.45) is 5.78. The number of aromatic nitrogens is 3. The van der Waals surface area contributed by atoms with Gasteiger partial charge in [0.15, 0.2) is 0 Å². The van der Waals surface area contributed by atoms with Crippen molar-refractivity contribution in [2.75, 3.05) is 14.2 Å². The summed E-state index contributed by atoms with van der Waals surface area (Å²) < 4.78 is 13.0. The van der Waals surface area contributed by atoms with Gasteiger partial charge in [0.05, 0.1) is 32.2 Å². The number of hydrogen-bond donors (Lipinski definition) is 1. The molecule has 7 nitrogen and oxygen atoms in total. The molecule has 0 spiro atoms. The van der Waals surface area contributed by atoms with Crippen LogP contribution >= 0.6 is 0 Å². The number of carbonyl (C=O) groups is 1. The highest BCUT2D eigenvalue weighted by molar-refractivity contribution is 5.77. The Balaban J connectivity index is 1.69. The third-order valence-corrected chi connectivity index (χ3v) is 5.41. The molecule has 0 radical (unpaired) electrons. The monoisotopic (exact) mass is 430 g/mol. The fraction of sp³-hybridized carbons (Fsp3) is 0.240. The lowest BCUT2D eigenvalue weighted by Crippen LogP contribution is -2.25. The summed E-state index contributed by atoms with van der Waals surface area (Å²) in [6.45, 7) is 2.41. The summed E-state index contributed by atoms with van der Waals surface area (Å²) in [7, 11) is 3.23. The van der Waals surface area contributed by atoms with Gasteiger partial charge in [-0.2, -0.15) is 0 Å². The number of fused-ring (bicyclic) bond motifs is 1. The first-order valence-corrected chi connectivity index (χ1v) is 10.4. The highest BCUT2D eigenvalue weighted by Gasteiger charge is 2.23. The van der Waals surface area contributed by atoms with Crippen LogP contribution in [0.25, 0.3) is 5.65 Å². The van der Waals surface area contributed by atoms with E-state index in [1.165, 1.54) is 0 Å². The largest absolute Gasteiger partial charge is 0.497 e. The lowest BCUT2D eigenvalue weighted by molar-refractivity contribution is -0.121. The molecule has 0 fully saturated rings. The van der Waals surface area contributed by atoms with Gasteiger partial charge in [-0.25, -0.2) is 4.98 Å². The molecule has 4 rings (SSSR count). The van der Waals surface area contributed by atoms with E-state index in [2.05, 4.69) is 15.3 Å². The molecule has 0 saturated heterocycles. The lowest BCUT2D eigenvalue weighted by Gasteiger charge is -2.19. The number of ether oxygens (including phenoxy) is 2. The van der Waals surface area contributed by atoms with Gasteiger partial charge in [0, 0.05) is 37.0 Å². The molecule has 4 aromatic rings. The molecular formula is C25H26N4O3. The minimum Gasteiger partial charge on any atom is -0.497 e. The van der Waals surface area contributed by atoms with Crippen molar-refractivity contribution >= 4 is 11.6 Å². The lowest BCUT2D eigenvalue weighted by atomic mass is 9.91. The van der Waals surface area contributed by atoms with E-state index in [4.69, 9.17) is 9.47 Å². The van der Waals surface area contributed by atoms with Crippen molar-refractivity contribution in [3.05, 3.63) is 89.6 Å². The van der Waals surface area contributed by atoms with Crippen molar-refractivity contribution in [2.45, 2.75) is 25.8 Å². The van der Waals surface area contributed by atoms with Gasteiger partial charge in [-0.05, 0) is 54.4 Å². The van der Waals surface area contributed by atoms with Crippen LogP contribution in [0.1, 0.15) is 34.9 Å². The Hall–Kier alpha value is -3.87. The Kier molecular flexibility index (Phi) is 6.35. The average Bonchev–Trinajstić information content (AvgIpc) is 3.24. The summed E-state index contributed by atoms with van der Waals surface area (Å²) in [5, 5.41) is 2.98. The number of carbonyl (C=O) groups excluding carboxylic acids is 1. The summed E-state index contributed by atoms with van der Waals surface area (Å²) in [4.78, 5) is 21.8. The van der Waals surface area contributed by atoms with Crippen molar-refractivity contribution < 1.29 is 14.3 Å². The topological polar surface area (TPSA) is 77.8 Å². The number of amides is 1. The zero-order chi connectivity index (χ0) is 22.5. The molecule has 164 valence electrons. The van der Waals surface area contributed by atoms with Crippen LogP contribution in [0, 0.1) is 6.92 Å². The average molecular weight is 431 g/mol. The van der Waals surface area contributed by atoms with Crippen molar-refractivity contribution in [3.8, 4) is 11.5 Å². The SMILES string of the molecule is COc1cc(OC)cc(C(CC(=O)NCc2ccccn2)c2cnc3cc(C)ccn23)c1. The zero-order valence-electron chi connectivity index (χ0n) is 18.4. The van der Waals surface area contributed by atoms with Crippen LogP contribution in [0.5, 0.6) is 11.5 Å². The first-order valence-electron chi connectivity index (χ1n) is 10.4. The van der Waals surface area contributed by atoms with Gasteiger partial charge in [0.1, 0.15) is 17.1 Å². The van der Waals surface area contributed by atoms with Crippen LogP contribution in [0.4, 0.5) is 0 Å². The number of nitrogens with one attached hydrogen (secondary N) is 1. The predicted octanol–water partition coefficient (Wildman–Crippen LogP) is 3.89. The molecule has 0 aliphatic carbocycles. The van der Waals surface area contributed by atoms with Crippen LogP contribution in [0.3, 0.4) is 0 Å². The van der Waals surface area contributed by atoms with Crippen LogP contribution in [0.2, 0.25) is 0 Å². The molecule has 7 heteroatoms. The second-order valence-electron chi connectivity index (χ2n) is 7.62. The minimum absolute atomic E-state index is 0.0792. The maximum Gasteiger partial charge on any atom is 0.221 e. The molecule has 1 aromatic carbocycles. The highest BCUT2D eigenvalue weighted by Crippen LogP contribution is 2.34. The zero-order valence-corrected chi connectivity index (χ0v) is 18.4. The van der Waals surface area contributed by atoms with Gasteiger partial charge in [-0.1, -0.05) is 6.07 Å². The van der Waals surface area contributed by atoms with Gasteiger partial charge in [-0.15, -0.1) is 0 Å². The van der Waals surface area contributed by atoms with Crippen LogP contribution in [-0.2, 0) is 11.3 Å². The van der Waals surface area contributed by atoms with Crippen molar-refractivity contribution in [1.82, 2.24) is 19.7 Å². The summed E-state index contributed by atoms with van der Waals surface area (Å²) in [5.74, 6) is 1.01. The fourth-order valence-electron chi connectivity index (χ4n) is 3.73. The van der Waals surface area contributed by atoms with Gasteiger partial charge in [-0.3, -0.25) is 9.78 Å². The van der Waals surface area contributed by atoms with Crippen molar-refractivity contribution in [2.24, 2.45) is 0 Å². The third kappa shape index (κ3) is 4.72. The molecule has 0 aliphatic rings. The van der Waals surface area contributed by atoms with E-state index in [0.717, 1.165) is 28.2 Å². The van der Waals surface area contributed by atoms with Gasteiger partial charge >= 0.3 is 0 Å². The molecule has 3 aromatic heterocycles. The normalized spacial score (nSPS) is 11.8. The van der Waals surface area contributed by atoms with Crippen molar-refractivity contribution in [3.63, 3.8) is 0 Å². The van der Waals surface area contributed by atoms with Gasteiger partial charge in [0.25, 0.3) is 0 Å².